The highest BCUT2D eigenvalue weighted by atomic mass is 16.5. The van der Waals surface area contributed by atoms with E-state index in [4.69, 9.17) is 4.74 Å². The van der Waals surface area contributed by atoms with Gasteiger partial charge in [0.25, 0.3) is 5.91 Å². The molecular formula is C22H23N3O3. The lowest BCUT2D eigenvalue weighted by Gasteiger charge is -2.55. The number of aromatic nitrogens is 1. The van der Waals surface area contributed by atoms with Crippen molar-refractivity contribution in [2.24, 2.45) is 17.8 Å². The Morgan fingerprint density at radius 3 is 2.93 bits per heavy atom. The molecule has 1 aromatic heterocycles. The normalized spacial score (nSPS) is 30.3. The van der Waals surface area contributed by atoms with Crippen molar-refractivity contribution in [1.29, 1.82) is 0 Å². The maximum atomic E-state index is 12.8. The van der Waals surface area contributed by atoms with Crippen LogP contribution in [-0.4, -0.2) is 22.5 Å². The largest absolute Gasteiger partial charge is 0.467 e. The molecule has 0 saturated heterocycles. The molecule has 2 amide bonds. The first-order valence-electron chi connectivity index (χ1n) is 9.92. The number of nitrogens with zero attached hydrogens (tertiary/aromatic N) is 1. The third-order valence-electron chi connectivity index (χ3n) is 6.49. The number of pyridine rings is 1. The number of carbonyl (C=O) groups is 2. The molecule has 3 aliphatic carbocycles. The lowest BCUT2D eigenvalue weighted by Crippen LogP contribution is -2.66. The number of benzene rings is 1. The van der Waals surface area contributed by atoms with Crippen LogP contribution in [0.4, 0.5) is 0 Å². The number of rotatable bonds is 3. The minimum Gasteiger partial charge on any atom is -0.467 e. The van der Waals surface area contributed by atoms with Crippen LogP contribution in [-0.2, 0) is 11.3 Å². The second kappa shape index (κ2) is 6.62. The molecule has 6 rings (SSSR count). The molecular weight excluding hydrogens is 354 g/mol. The monoisotopic (exact) mass is 377 g/mol. The van der Waals surface area contributed by atoms with E-state index in [0.29, 0.717) is 24.3 Å². The van der Waals surface area contributed by atoms with Crippen LogP contribution in [0, 0.1) is 17.8 Å². The molecule has 6 nitrogen and oxygen atoms in total. The molecule has 2 bridgehead atoms. The third-order valence-corrected chi connectivity index (χ3v) is 6.49. The highest BCUT2D eigenvalue weighted by molar-refractivity contribution is 5.98. The average molecular weight is 377 g/mol. The average Bonchev–Trinajstić information content (AvgIpc) is 2.73. The molecule has 0 radical (unpaired) electrons. The quantitative estimate of drug-likeness (QED) is 0.862. The lowest BCUT2D eigenvalue weighted by atomic mass is 9.60. The Labute approximate surface area is 163 Å². The Hall–Kier alpha value is -2.89. The molecule has 4 aliphatic rings. The van der Waals surface area contributed by atoms with Crippen LogP contribution in [0.5, 0.6) is 5.75 Å². The zero-order chi connectivity index (χ0) is 19.1. The maximum Gasteiger partial charge on any atom is 0.258 e. The standard InChI is InChI=1S/C22H23N3O3/c26-20(24-13-14-4-3-9-23-12-14)18-10-16-8-7-15(18)11-22(16)25-21(27)17-5-1-2-6-19(17)28-22/h1-6,9,12,15-16,18H,7-8,10-11,13H2,(H,24,26)(H,25,27)/t15-,16+,18-,22-/m1/s1. The van der Waals surface area contributed by atoms with Gasteiger partial charge in [0.15, 0.2) is 5.72 Å². The van der Waals surface area contributed by atoms with Crippen molar-refractivity contribution in [2.75, 3.05) is 0 Å². The Morgan fingerprint density at radius 2 is 2.14 bits per heavy atom. The summed E-state index contributed by atoms with van der Waals surface area (Å²) in [6.07, 6.45) is 6.89. The van der Waals surface area contributed by atoms with Gasteiger partial charge in [0.1, 0.15) is 5.75 Å². The van der Waals surface area contributed by atoms with Gasteiger partial charge >= 0.3 is 0 Å². The molecule has 28 heavy (non-hydrogen) atoms. The van der Waals surface area contributed by atoms with E-state index in [1.165, 1.54) is 0 Å². The summed E-state index contributed by atoms with van der Waals surface area (Å²) < 4.78 is 6.35. The molecule has 1 aliphatic heterocycles. The zero-order valence-corrected chi connectivity index (χ0v) is 15.6. The number of carbonyl (C=O) groups excluding carboxylic acids is 2. The van der Waals surface area contributed by atoms with Crippen LogP contribution in [0.2, 0.25) is 0 Å². The fourth-order valence-electron chi connectivity index (χ4n) is 5.10. The first-order valence-corrected chi connectivity index (χ1v) is 9.92. The zero-order valence-electron chi connectivity index (χ0n) is 15.6. The number of nitrogens with one attached hydrogen (secondary N) is 2. The van der Waals surface area contributed by atoms with Gasteiger partial charge in [-0.05, 0) is 48.9 Å². The SMILES string of the molecule is O=C1N[C@]2(C[C@H]3CC[C@H]2C[C@H]3C(=O)NCc2cccnc2)Oc2ccccc21. The number of hydrogen-bond acceptors (Lipinski definition) is 4. The van der Waals surface area contributed by atoms with Gasteiger partial charge in [-0.2, -0.15) is 0 Å². The van der Waals surface area contributed by atoms with Crippen LogP contribution >= 0.6 is 0 Å². The lowest BCUT2D eigenvalue weighted by molar-refractivity contribution is -0.146. The van der Waals surface area contributed by atoms with Gasteiger partial charge in [0.2, 0.25) is 5.91 Å². The van der Waals surface area contributed by atoms with Crippen LogP contribution < -0.4 is 15.4 Å². The summed E-state index contributed by atoms with van der Waals surface area (Å²) in [6, 6.07) is 11.2. The number of hydrogen-bond donors (Lipinski definition) is 2. The topological polar surface area (TPSA) is 80.3 Å². The second-order valence-corrected chi connectivity index (χ2v) is 8.10. The van der Waals surface area contributed by atoms with Gasteiger partial charge in [-0.1, -0.05) is 18.2 Å². The Balaban J connectivity index is 1.30. The predicted molar refractivity (Wildman–Crippen MR) is 102 cm³/mol. The van der Waals surface area contributed by atoms with Crippen LogP contribution in [0.1, 0.15) is 41.6 Å². The first kappa shape index (κ1) is 17.2. The van der Waals surface area contributed by atoms with Gasteiger partial charge in [0.05, 0.1) is 5.56 Å². The van der Waals surface area contributed by atoms with E-state index in [2.05, 4.69) is 15.6 Å². The van der Waals surface area contributed by atoms with Crippen molar-refractivity contribution < 1.29 is 14.3 Å². The smallest absolute Gasteiger partial charge is 0.258 e. The van der Waals surface area contributed by atoms with Gasteiger partial charge < -0.3 is 15.4 Å². The van der Waals surface area contributed by atoms with Crippen molar-refractivity contribution >= 4 is 11.8 Å². The van der Waals surface area contributed by atoms with Gasteiger partial charge in [-0.15, -0.1) is 0 Å². The van der Waals surface area contributed by atoms with Gasteiger partial charge in [-0.25, -0.2) is 0 Å². The van der Waals surface area contributed by atoms with E-state index in [9.17, 15) is 9.59 Å². The Bertz CT molecular complexity index is 916. The molecule has 2 N–H and O–H groups in total. The number of amides is 2. The molecule has 6 heteroatoms. The molecule has 3 saturated carbocycles. The second-order valence-electron chi connectivity index (χ2n) is 8.10. The molecule has 4 atom stereocenters. The van der Waals surface area contributed by atoms with E-state index in [-0.39, 0.29) is 29.6 Å². The fourth-order valence-corrected chi connectivity index (χ4v) is 5.10. The number of ether oxygens (including phenoxy) is 1. The summed E-state index contributed by atoms with van der Waals surface area (Å²) >= 11 is 0. The summed E-state index contributed by atoms with van der Waals surface area (Å²) in [7, 11) is 0. The molecule has 0 unspecified atom stereocenters. The number of para-hydroxylation sites is 1. The van der Waals surface area contributed by atoms with Gasteiger partial charge in [-0.3, -0.25) is 14.6 Å². The summed E-state index contributed by atoms with van der Waals surface area (Å²) in [5.74, 6) is 0.992. The molecule has 3 fully saturated rings. The highest BCUT2D eigenvalue weighted by Crippen LogP contribution is 2.52. The highest BCUT2D eigenvalue weighted by Gasteiger charge is 2.57. The van der Waals surface area contributed by atoms with Crippen LogP contribution in [0.25, 0.3) is 0 Å². The van der Waals surface area contributed by atoms with Crippen molar-refractivity contribution in [3.8, 4) is 5.75 Å². The fraction of sp³-hybridized carbons (Fsp3) is 0.409. The van der Waals surface area contributed by atoms with E-state index in [0.717, 1.165) is 24.8 Å². The van der Waals surface area contributed by atoms with Gasteiger partial charge in [0, 0.05) is 37.2 Å². The minimum atomic E-state index is -0.672. The molecule has 1 spiro atoms. The molecule has 1 aromatic carbocycles. The number of fused-ring (bicyclic) bond motifs is 3. The van der Waals surface area contributed by atoms with Crippen LogP contribution in [0.15, 0.2) is 48.8 Å². The van der Waals surface area contributed by atoms with Crippen molar-refractivity contribution in [1.82, 2.24) is 15.6 Å². The summed E-state index contributed by atoms with van der Waals surface area (Å²) in [5.41, 5.74) is 0.905. The maximum absolute atomic E-state index is 12.8. The molecule has 144 valence electrons. The Kier molecular flexibility index (Phi) is 4.07. The van der Waals surface area contributed by atoms with E-state index >= 15 is 0 Å². The molecule has 2 heterocycles. The summed E-state index contributed by atoms with van der Waals surface area (Å²) in [4.78, 5) is 29.6. The van der Waals surface area contributed by atoms with E-state index in [1.54, 1.807) is 18.5 Å². The minimum absolute atomic E-state index is 0.0290. The third kappa shape index (κ3) is 2.84. The van der Waals surface area contributed by atoms with Crippen LogP contribution in [0.3, 0.4) is 0 Å². The van der Waals surface area contributed by atoms with Crippen molar-refractivity contribution in [3.63, 3.8) is 0 Å². The summed E-state index contributed by atoms with van der Waals surface area (Å²) in [6.45, 7) is 0.492. The molecule has 2 aromatic rings. The van der Waals surface area contributed by atoms with E-state index < -0.39 is 5.72 Å². The Morgan fingerprint density at radius 1 is 1.25 bits per heavy atom. The van der Waals surface area contributed by atoms with Crippen molar-refractivity contribution in [2.45, 2.75) is 38.0 Å². The summed E-state index contributed by atoms with van der Waals surface area (Å²) in [5, 5.41) is 6.20. The first-order chi connectivity index (χ1) is 13.6. The van der Waals surface area contributed by atoms with E-state index in [1.807, 2.05) is 30.3 Å². The van der Waals surface area contributed by atoms with Crippen molar-refractivity contribution in [3.05, 3.63) is 59.9 Å². The predicted octanol–water partition coefficient (Wildman–Crippen LogP) is 2.65.